The number of carboxylic acid groups (broad SMARTS) is 2. The zero-order valence-corrected chi connectivity index (χ0v) is 18.6. The van der Waals surface area contributed by atoms with Crippen LogP contribution >= 0.6 is 0 Å². The zero-order valence-electron chi connectivity index (χ0n) is 18.6. The summed E-state index contributed by atoms with van der Waals surface area (Å²) in [5.74, 6) is -1.64. The Balaban J connectivity index is 3.28. The third-order valence-electron chi connectivity index (χ3n) is 5.26. The molecular weight excluding hydrogens is 368 g/mol. The van der Waals surface area contributed by atoms with Gasteiger partial charge in [0.05, 0.1) is 18.4 Å². The fourth-order valence-electron chi connectivity index (χ4n) is 3.71. The molecule has 0 saturated heterocycles. The van der Waals surface area contributed by atoms with E-state index >= 15 is 0 Å². The van der Waals surface area contributed by atoms with Crippen LogP contribution in [0.4, 0.5) is 0 Å². The molecule has 1 aromatic carbocycles. The van der Waals surface area contributed by atoms with Gasteiger partial charge < -0.3 is 14.9 Å². The van der Waals surface area contributed by atoms with Crippen LogP contribution < -0.4 is 4.74 Å². The quantitative estimate of drug-likeness (QED) is 0.391. The average Bonchev–Trinajstić information content (AvgIpc) is 2.62. The second-order valence-electron chi connectivity index (χ2n) is 8.65. The SMILES string of the molecule is CCOc1ccc(C(CCCC(C)C)C(=O)O)c(C(CCCC(C)C)C(=O)O)c1. The standard InChI is InChI=1S/C24H38O5/c1-6-29-18-13-14-19(20(23(25)26)11-7-9-16(2)3)22(15-18)21(24(27)28)12-8-10-17(4)5/h13-17,20-21H,6-12H2,1-5H3,(H,25,26)(H,27,28). The molecule has 5 heteroatoms. The first kappa shape index (κ1) is 25.0. The fourth-order valence-corrected chi connectivity index (χ4v) is 3.71. The molecule has 0 amide bonds. The Bertz CT molecular complexity index is 651. The first-order valence-electron chi connectivity index (χ1n) is 10.9. The first-order chi connectivity index (χ1) is 13.7. The van der Waals surface area contributed by atoms with Gasteiger partial charge in [-0.3, -0.25) is 9.59 Å². The minimum atomic E-state index is -0.907. The highest BCUT2D eigenvalue weighted by Crippen LogP contribution is 2.36. The molecule has 29 heavy (non-hydrogen) atoms. The van der Waals surface area contributed by atoms with Crippen molar-refractivity contribution in [2.75, 3.05) is 6.61 Å². The third kappa shape index (κ3) is 8.46. The van der Waals surface area contributed by atoms with E-state index in [1.807, 2.05) is 6.92 Å². The summed E-state index contributed by atoms with van der Waals surface area (Å²) in [6, 6.07) is 5.26. The monoisotopic (exact) mass is 406 g/mol. The van der Waals surface area contributed by atoms with E-state index in [4.69, 9.17) is 4.74 Å². The van der Waals surface area contributed by atoms with Gasteiger partial charge in [-0.15, -0.1) is 0 Å². The molecule has 1 aromatic rings. The highest BCUT2D eigenvalue weighted by molar-refractivity contribution is 5.81. The number of benzene rings is 1. The van der Waals surface area contributed by atoms with E-state index in [0.717, 1.165) is 25.7 Å². The molecule has 0 heterocycles. The molecule has 0 radical (unpaired) electrons. The Morgan fingerprint density at radius 2 is 1.31 bits per heavy atom. The number of hydrogen-bond donors (Lipinski definition) is 2. The van der Waals surface area contributed by atoms with Crippen LogP contribution in [0.15, 0.2) is 18.2 Å². The number of carboxylic acids is 2. The van der Waals surface area contributed by atoms with Gasteiger partial charge in [0.15, 0.2) is 0 Å². The Morgan fingerprint density at radius 1 is 0.828 bits per heavy atom. The van der Waals surface area contributed by atoms with Crippen molar-refractivity contribution in [1.82, 2.24) is 0 Å². The summed E-state index contributed by atoms with van der Waals surface area (Å²) in [6.07, 6.45) is 4.49. The van der Waals surface area contributed by atoms with Crippen LogP contribution in [-0.2, 0) is 9.59 Å². The Hall–Kier alpha value is -2.04. The van der Waals surface area contributed by atoms with Crippen LogP contribution in [0.3, 0.4) is 0 Å². The largest absolute Gasteiger partial charge is 0.494 e. The van der Waals surface area contributed by atoms with Gasteiger partial charge in [0, 0.05) is 0 Å². The zero-order chi connectivity index (χ0) is 22.0. The molecule has 0 aromatic heterocycles. The van der Waals surface area contributed by atoms with Crippen molar-refractivity contribution in [1.29, 1.82) is 0 Å². The smallest absolute Gasteiger partial charge is 0.310 e. The maximum absolute atomic E-state index is 12.1. The van der Waals surface area contributed by atoms with Crippen LogP contribution in [0.25, 0.3) is 0 Å². The molecule has 0 aliphatic heterocycles. The van der Waals surface area contributed by atoms with Crippen LogP contribution in [0.2, 0.25) is 0 Å². The average molecular weight is 407 g/mol. The van der Waals surface area contributed by atoms with Gasteiger partial charge in [0.1, 0.15) is 5.75 Å². The van der Waals surface area contributed by atoms with E-state index in [-0.39, 0.29) is 0 Å². The minimum absolute atomic E-state index is 0.473. The van der Waals surface area contributed by atoms with E-state index in [1.54, 1.807) is 18.2 Å². The lowest BCUT2D eigenvalue weighted by molar-refractivity contribution is -0.140. The Labute approximate surface area is 175 Å². The van der Waals surface area contributed by atoms with E-state index < -0.39 is 23.8 Å². The van der Waals surface area contributed by atoms with Crippen molar-refractivity contribution in [3.05, 3.63) is 29.3 Å². The van der Waals surface area contributed by atoms with Crippen molar-refractivity contribution in [2.24, 2.45) is 11.8 Å². The summed E-state index contributed by atoms with van der Waals surface area (Å²) in [5.41, 5.74) is 1.20. The van der Waals surface area contributed by atoms with E-state index in [2.05, 4.69) is 27.7 Å². The van der Waals surface area contributed by atoms with Gasteiger partial charge >= 0.3 is 11.9 Å². The van der Waals surface area contributed by atoms with Crippen molar-refractivity contribution in [3.63, 3.8) is 0 Å². The molecule has 0 bridgehead atoms. The highest BCUT2D eigenvalue weighted by Gasteiger charge is 2.29. The van der Waals surface area contributed by atoms with Gasteiger partial charge in [-0.25, -0.2) is 0 Å². The second kappa shape index (κ2) is 12.5. The molecule has 0 spiro atoms. The van der Waals surface area contributed by atoms with Crippen molar-refractivity contribution >= 4 is 11.9 Å². The van der Waals surface area contributed by atoms with Gasteiger partial charge in [0.25, 0.3) is 0 Å². The summed E-state index contributed by atoms with van der Waals surface area (Å²) < 4.78 is 5.59. The lowest BCUT2D eigenvalue weighted by atomic mass is 9.82. The molecule has 0 aliphatic rings. The molecule has 5 nitrogen and oxygen atoms in total. The molecule has 2 atom stereocenters. The predicted molar refractivity (Wildman–Crippen MR) is 116 cm³/mol. The van der Waals surface area contributed by atoms with Crippen LogP contribution in [0.5, 0.6) is 5.75 Å². The maximum Gasteiger partial charge on any atom is 0.310 e. The number of aliphatic carboxylic acids is 2. The fraction of sp³-hybridized carbons (Fsp3) is 0.667. The molecule has 0 saturated carbocycles. The molecular formula is C24H38O5. The molecule has 0 aliphatic carbocycles. The topological polar surface area (TPSA) is 83.8 Å². The van der Waals surface area contributed by atoms with E-state index in [0.29, 0.717) is 48.2 Å². The van der Waals surface area contributed by atoms with Crippen molar-refractivity contribution in [2.45, 2.75) is 85.0 Å². The molecule has 0 fully saturated rings. The molecule has 2 unspecified atom stereocenters. The van der Waals surface area contributed by atoms with Crippen molar-refractivity contribution in [3.8, 4) is 5.75 Å². The normalized spacial score (nSPS) is 13.5. The van der Waals surface area contributed by atoms with Crippen molar-refractivity contribution < 1.29 is 24.5 Å². The van der Waals surface area contributed by atoms with Crippen LogP contribution in [0.1, 0.15) is 96.1 Å². The second-order valence-corrected chi connectivity index (χ2v) is 8.65. The summed E-state index contributed by atoms with van der Waals surface area (Å²) in [5, 5.41) is 19.8. The molecule has 1 rings (SSSR count). The van der Waals surface area contributed by atoms with E-state index in [1.165, 1.54) is 0 Å². The molecule has 164 valence electrons. The summed E-state index contributed by atoms with van der Waals surface area (Å²) in [6.45, 7) is 10.8. The Morgan fingerprint density at radius 3 is 1.72 bits per heavy atom. The Kier molecular flexibility index (Phi) is 10.8. The van der Waals surface area contributed by atoms with Crippen LogP contribution in [-0.4, -0.2) is 28.8 Å². The van der Waals surface area contributed by atoms with Gasteiger partial charge in [-0.05, 0) is 54.9 Å². The summed E-state index contributed by atoms with van der Waals surface area (Å²) >= 11 is 0. The van der Waals surface area contributed by atoms with Gasteiger partial charge in [-0.1, -0.05) is 59.4 Å². The number of rotatable bonds is 14. The highest BCUT2D eigenvalue weighted by atomic mass is 16.5. The van der Waals surface area contributed by atoms with Gasteiger partial charge in [0.2, 0.25) is 0 Å². The third-order valence-corrected chi connectivity index (χ3v) is 5.26. The molecule has 2 N–H and O–H groups in total. The maximum atomic E-state index is 12.1. The van der Waals surface area contributed by atoms with Gasteiger partial charge in [-0.2, -0.15) is 0 Å². The number of ether oxygens (including phenoxy) is 1. The van der Waals surface area contributed by atoms with E-state index in [9.17, 15) is 19.8 Å². The summed E-state index contributed by atoms with van der Waals surface area (Å²) in [4.78, 5) is 24.2. The predicted octanol–water partition coefficient (Wildman–Crippen LogP) is 6.07. The first-order valence-corrected chi connectivity index (χ1v) is 10.9. The number of hydrogen-bond acceptors (Lipinski definition) is 3. The summed E-state index contributed by atoms with van der Waals surface area (Å²) in [7, 11) is 0. The van der Waals surface area contributed by atoms with Crippen LogP contribution in [0, 0.1) is 11.8 Å². The minimum Gasteiger partial charge on any atom is -0.494 e. The lowest BCUT2D eigenvalue weighted by Crippen LogP contribution is -2.19. The number of carbonyl (C=O) groups is 2. The lowest BCUT2D eigenvalue weighted by Gasteiger charge is -2.23.